The number of nitrogens with two attached hydrogens (primary N) is 1. The van der Waals surface area contributed by atoms with E-state index in [9.17, 15) is 14.4 Å². The first kappa shape index (κ1) is 38.2. The molecule has 1 aliphatic carbocycles. The Kier molecular flexibility index (Phi) is 10.1. The number of benzene rings is 6. The summed E-state index contributed by atoms with van der Waals surface area (Å²) in [6, 6.07) is 47.7. The van der Waals surface area contributed by atoms with E-state index in [1.807, 2.05) is 120 Å². The molecule has 6 heteroatoms. The molecule has 0 spiro atoms. The van der Waals surface area contributed by atoms with E-state index in [1.54, 1.807) is 0 Å². The van der Waals surface area contributed by atoms with Gasteiger partial charge in [0.1, 0.15) is 0 Å². The maximum atomic E-state index is 12.9. The van der Waals surface area contributed by atoms with Crippen LogP contribution in [0, 0.1) is 0 Å². The van der Waals surface area contributed by atoms with Crippen LogP contribution in [0.1, 0.15) is 112 Å². The van der Waals surface area contributed by atoms with Crippen molar-refractivity contribution in [1.29, 1.82) is 0 Å². The lowest BCUT2D eigenvalue weighted by atomic mass is 9.68. The number of hydrogen-bond acceptors (Lipinski definition) is 4. The Morgan fingerprint density at radius 2 is 0.839 bits per heavy atom. The lowest BCUT2D eigenvalue weighted by Crippen LogP contribution is -2.35. The van der Waals surface area contributed by atoms with Crippen molar-refractivity contribution in [2.75, 3.05) is 23.3 Å². The van der Waals surface area contributed by atoms with Crippen molar-refractivity contribution in [3.63, 3.8) is 0 Å². The van der Waals surface area contributed by atoms with Gasteiger partial charge in [-0.3, -0.25) is 14.4 Å². The minimum absolute atomic E-state index is 0.0244. The SMILES string of the molecule is CC1(C)c2ccccc2C(=O)N(CCN)c2ccccc21.CC1(C)c2ccccc2C(=O)c2ccccc21.CC1(C)c2ccccc2NC(=O)c2ccccc21. The van der Waals surface area contributed by atoms with E-state index in [4.69, 9.17) is 5.73 Å². The smallest absolute Gasteiger partial charge is 0.258 e. The van der Waals surface area contributed by atoms with E-state index >= 15 is 0 Å². The molecule has 0 bridgehead atoms. The van der Waals surface area contributed by atoms with Crippen LogP contribution < -0.4 is 16.0 Å². The van der Waals surface area contributed by atoms with Gasteiger partial charge in [-0.05, 0) is 57.6 Å². The summed E-state index contributed by atoms with van der Waals surface area (Å²) in [6.07, 6.45) is 0. The number of fused-ring (bicyclic) bond motifs is 6. The zero-order valence-electron chi connectivity index (χ0n) is 33.0. The van der Waals surface area contributed by atoms with E-state index in [2.05, 4.69) is 77.2 Å². The predicted octanol–water partition coefficient (Wildman–Crippen LogP) is 10.1. The third kappa shape index (κ3) is 6.54. The van der Waals surface area contributed by atoms with Crippen molar-refractivity contribution >= 4 is 29.0 Å². The summed E-state index contributed by atoms with van der Waals surface area (Å²) in [4.78, 5) is 39.4. The molecule has 3 N–H and O–H groups in total. The number of rotatable bonds is 2. The Balaban J connectivity index is 0.000000129. The molecule has 9 rings (SSSR count). The van der Waals surface area contributed by atoms with Gasteiger partial charge in [0.25, 0.3) is 11.8 Å². The monoisotopic (exact) mass is 739 g/mol. The lowest BCUT2D eigenvalue weighted by molar-refractivity contribution is 0.0984. The van der Waals surface area contributed by atoms with E-state index in [-0.39, 0.29) is 33.8 Å². The summed E-state index contributed by atoms with van der Waals surface area (Å²) in [5, 5.41) is 3.00. The van der Waals surface area contributed by atoms with Gasteiger partial charge < -0.3 is 16.0 Å². The number of ketones is 1. The standard InChI is InChI=1S/C18H20N2O.C16H15NO.C16H14O/c1-18(2)14-8-4-3-7-13(14)17(21)20(12-11-19)16-10-6-5-9-15(16)18;1-16(2)12-8-4-3-7-11(12)15(18)17-14-10-6-5-9-13(14)16;1-16(2)13-9-5-3-7-11(13)15(17)12-8-4-6-10-14(12)16/h3-10H,11-12,19H2,1-2H3;3-10H,1-2H3,(H,17,18);3-10H,1-2H3. The van der Waals surface area contributed by atoms with Gasteiger partial charge in [0.2, 0.25) is 0 Å². The summed E-state index contributed by atoms with van der Waals surface area (Å²) < 4.78 is 0. The highest BCUT2D eigenvalue weighted by Gasteiger charge is 2.38. The van der Waals surface area contributed by atoms with E-state index < -0.39 is 0 Å². The Bertz CT molecular complexity index is 2420. The molecule has 2 heterocycles. The van der Waals surface area contributed by atoms with Crippen LogP contribution in [0.15, 0.2) is 146 Å². The molecule has 0 saturated carbocycles. The van der Waals surface area contributed by atoms with Crippen LogP contribution in [-0.4, -0.2) is 30.7 Å². The molecule has 0 aromatic heterocycles. The van der Waals surface area contributed by atoms with Gasteiger partial charge in [0, 0.05) is 63.0 Å². The highest BCUT2D eigenvalue weighted by molar-refractivity contribution is 6.13. The number of anilines is 2. The number of amides is 2. The summed E-state index contributed by atoms with van der Waals surface area (Å²) >= 11 is 0. The Morgan fingerprint density at radius 1 is 0.464 bits per heavy atom. The average Bonchev–Trinajstić information content (AvgIpc) is 3.35. The lowest BCUT2D eigenvalue weighted by Gasteiger charge is -2.34. The van der Waals surface area contributed by atoms with E-state index in [0.717, 1.165) is 67.0 Å². The van der Waals surface area contributed by atoms with Gasteiger partial charge in [-0.15, -0.1) is 0 Å². The fraction of sp³-hybridized carbons (Fsp3) is 0.220. The minimum atomic E-state index is -0.216. The van der Waals surface area contributed by atoms with Crippen molar-refractivity contribution in [3.8, 4) is 0 Å². The molecule has 3 aliphatic rings. The number of hydrogen-bond donors (Lipinski definition) is 2. The first-order chi connectivity index (χ1) is 26.8. The molecule has 0 fully saturated rings. The molecule has 6 aromatic carbocycles. The normalized spacial score (nSPS) is 16.2. The van der Waals surface area contributed by atoms with Crippen molar-refractivity contribution in [2.45, 2.75) is 57.8 Å². The number of para-hydroxylation sites is 2. The number of carbonyl (C=O) groups excluding carboxylic acids is 3. The summed E-state index contributed by atoms with van der Waals surface area (Å²) in [5.74, 6) is 0.160. The van der Waals surface area contributed by atoms with Crippen LogP contribution in [0.5, 0.6) is 0 Å². The highest BCUT2D eigenvalue weighted by atomic mass is 16.2. The number of carbonyl (C=O) groups is 3. The zero-order chi connectivity index (χ0) is 39.8. The van der Waals surface area contributed by atoms with Crippen LogP contribution in [0.25, 0.3) is 0 Å². The molecular weight excluding hydrogens is 691 g/mol. The molecule has 56 heavy (non-hydrogen) atoms. The average molecular weight is 740 g/mol. The van der Waals surface area contributed by atoms with Crippen molar-refractivity contribution < 1.29 is 14.4 Å². The van der Waals surface area contributed by atoms with Crippen LogP contribution in [-0.2, 0) is 16.2 Å². The maximum absolute atomic E-state index is 12.9. The van der Waals surface area contributed by atoms with Gasteiger partial charge in [-0.2, -0.15) is 0 Å². The van der Waals surface area contributed by atoms with Gasteiger partial charge in [0.15, 0.2) is 5.78 Å². The number of nitrogens with one attached hydrogen (secondary N) is 1. The van der Waals surface area contributed by atoms with Gasteiger partial charge in [0.05, 0.1) is 0 Å². The van der Waals surface area contributed by atoms with Crippen molar-refractivity contribution in [1.82, 2.24) is 0 Å². The van der Waals surface area contributed by atoms with E-state index in [1.165, 1.54) is 0 Å². The summed E-state index contributed by atoms with van der Waals surface area (Å²) in [5.41, 5.74) is 17.1. The Morgan fingerprint density at radius 3 is 1.39 bits per heavy atom. The zero-order valence-corrected chi connectivity index (χ0v) is 33.0. The minimum Gasteiger partial charge on any atom is -0.329 e. The summed E-state index contributed by atoms with van der Waals surface area (Å²) in [6.45, 7) is 14.0. The largest absolute Gasteiger partial charge is 0.329 e. The molecule has 0 saturated heterocycles. The molecular formula is C50H49N3O3. The topological polar surface area (TPSA) is 92.5 Å². The van der Waals surface area contributed by atoms with Crippen LogP contribution in [0.2, 0.25) is 0 Å². The molecule has 0 unspecified atom stereocenters. The predicted molar refractivity (Wildman–Crippen MR) is 227 cm³/mol. The van der Waals surface area contributed by atoms with Gasteiger partial charge in [-0.25, -0.2) is 0 Å². The molecule has 2 amide bonds. The third-order valence-electron chi connectivity index (χ3n) is 11.7. The quantitative estimate of drug-likeness (QED) is 0.185. The molecule has 0 radical (unpaired) electrons. The van der Waals surface area contributed by atoms with E-state index in [0.29, 0.717) is 13.1 Å². The van der Waals surface area contributed by atoms with Crippen LogP contribution >= 0.6 is 0 Å². The molecule has 2 aliphatic heterocycles. The van der Waals surface area contributed by atoms with Crippen LogP contribution in [0.4, 0.5) is 11.4 Å². The molecule has 282 valence electrons. The fourth-order valence-corrected chi connectivity index (χ4v) is 8.64. The highest BCUT2D eigenvalue weighted by Crippen LogP contribution is 2.44. The molecule has 6 nitrogen and oxygen atoms in total. The Hall–Kier alpha value is -6.11. The van der Waals surface area contributed by atoms with Crippen LogP contribution in [0.3, 0.4) is 0 Å². The second kappa shape index (κ2) is 14.9. The fourth-order valence-electron chi connectivity index (χ4n) is 8.64. The third-order valence-corrected chi connectivity index (χ3v) is 11.7. The molecule has 6 aromatic rings. The second-order valence-electron chi connectivity index (χ2n) is 16.1. The number of nitrogens with zero attached hydrogens (tertiary/aromatic N) is 1. The molecule has 0 atom stereocenters. The summed E-state index contributed by atoms with van der Waals surface area (Å²) in [7, 11) is 0. The first-order valence-corrected chi connectivity index (χ1v) is 19.2. The maximum Gasteiger partial charge on any atom is 0.258 e. The van der Waals surface area contributed by atoms with Gasteiger partial charge >= 0.3 is 0 Å². The van der Waals surface area contributed by atoms with Crippen molar-refractivity contribution in [3.05, 3.63) is 201 Å². The first-order valence-electron chi connectivity index (χ1n) is 19.2. The second-order valence-corrected chi connectivity index (χ2v) is 16.1. The van der Waals surface area contributed by atoms with Crippen molar-refractivity contribution in [2.24, 2.45) is 5.73 Å². The van der Waals surface area contributed by atoms with Gasteiger partial charge in [-0.1, -0.05) is 163 Å². The Labute approximate surface area is 330 Å².